The Kier molecular flexibility index (Phi) is 8.11. The molecule has 0 aromatic rings. The van der Waals surface area contributed by atoms with Gasteiger partial charge in [0.05, 0.1) is 0 Å². The van der Waals surface area contributed by atoms with Crippen molar-refractivity contribution in [2.45, 2.75) is 20.8 Å². The molecule has 63 valence electrons. The van der Waals surface area contributed by atoms with Gasteiger partial charge in [-0.05, 0) is 0 Å². The summed E-state index contributed by atoms with van der Waals surface area (Å²) in [4.78, 5) is 0. The SMILES string of the molecule is CC[O][W]([O]CC)[O]CC. The van der Waals surface area contributed by atoms with E-state index >= 15 is 0 Å². The Labute approximate surface area is 69.6 Å². The van der Waals surface area contributed by atoms with E-state index in [0.717, 1.165) is 0 Å². The van der Waals surface area contributed by atoms with Gasteiger partial charge in [0.25, 0.3) is 0 Å². The van der Waals surface area contributed by atoms with E-state index in [4.69, 9.17) is 10.2 Å². The molecule has 0 aromatic heterocycles. The predicted octanol–water partition coefficient (Wildman–Crippen LogP) is 1.46. The van der Waals surface area contributed by atoms with Crippen LogP contribution in [0.25, 0.3) is 0 Å². The van der Waals surface area contributed by atoms with Crippen molar-refractivity contribution >= 4 is 0 Å². The Hall–Kier alpha value is 0.568. The second-order valence-electron chi connectivity index (χ2n) is 1.42. The van der Waals surface area contributed by atoms with Crippen LogP contribution in [0.4, 0.5) is 0 Å². The molecule has 10 heavy (non-hydrogen) atoms. The van der Waals surface area contributed by atoms with Crippen molar-refractivity contribution in [1.29, 1.82) is 0 Å². The fourth-order valence-electron chi connectivity index (χ4n) is 0.391. The molecule has 0 rings (SSSR count). The first-order valence-electron chi connectivity index (χ1n) is 3.49. The average Bonchev–Trinajstić information content (AvgIpc) is 1.90. The van der Waals surface area contributed by atoms with E-state index in [2.05, 4.69) is 0 Å². The molecule has 3 nitrogen and oxygen atoms in total. The molecule has 0 unspecified atom stereocenters. The van der Waals surface area contributed by atoms with Crippen LogP contribution in [0.1, 0.15) is 20.8 Å². The molecule has 0 aliphatic rings. The van der Waals surface area contributed by atoms with Gasteiger partial charge < -0.3 is 0 Å². The first kappa shape index (κ1) is 10.6. The molecule has 0 heterocycles. The fourth-order valence-corrected chi connectivity index (χ4v) is 3.20. The molecule has 0 radical (unpaired) electrons. The van der Waals surface area contributed by atoms with E-state index in [-0.39, 0.29) is 0 Å². The number of hydrogen-bond acceptors (Lipinski definition) is 3. The zero-order valence-electron chi connectivity index (χ0n) is 6.75. The van der Waals surface area contributed by atoms with Gasteiger partial charge in [0.15, 0.2) is 0 Å². The van der Waals surface area contributed by atoms with Gasteiger partial charge in [-0.2, -0.15) is 0 Å². The summed E-state index contributed by atoms with van der Waals surface area (Å²) < 4.78 is 15.8. The number of rotatable bonds is 6. The second kappa shape index (κ2) is 7.67. The maximum absolute atomic E-state index is 5.27. The van der Waals surface area contributed by atoms with Gasteiger partial charge in [0.2, 0.25) is 0 Å². The van der Waals surface area contributed by atoms with E-state index in [1.54, 1.807) is 0 Å². The van der Waals surface area contributed by atoms with Crippen molar-refractivity contribution in [3.63, 3.8) is 0 Å². The van der Waals surface area contributed by atoms with Crippen LogP contribution in [-0.2, 0) is 28.6 Å². The minimum atomic E-state index is -2.24. The van der Waals surface area contributed by atoms with Gasteiger partial charge in [-0.25, -0.2) is 0 Å². The Morgan fingerprint density at radius 3 is 1.30 bits per heavy atom. The molecular weight excluding hydrogens is 304 g/mol. The van der Waals surface area contributed by atoms with E-state index in [0.29, 0.717) is 19.8 Å². The van der Waals surface area contributed by atoms with Crippen LogP contribution in [0.15, 0.2) is 0 Å². The Balaban J connectivity index is 3.30. The third-order valence-electron chi connectivity index (χ3n) is 0.642. The zero-order valence-corrected chi connectivity index (χ0v) is 9.69. The van der Waals surface area contributed by atoms with Gasteiger partial charge in [-0.15, -0.1) is 0 Å². The maximum atomic E-state index is 5.27. The van der Waals surface area contributed by atoms with Crippen molar-refractivity contribution in [2.24, 2.45) is 0 Å². The molecular formula is C6H15O3W. The molecule has 0 amide bonds. The number of hydrogen-bond donors (Lipinski definition) is 0. The summed E-state index contributed by atoms with van der Waals surface area (Å²) in [6.07, 6.45) is 0. The minimum absolute atomic E-state index is 0.702. The molecule has 0 saturated carbocycles. The third kappa shape index (κ3) is 5.36. The van der Waals surface area contributed by atoms with E-state index in [9.17, 15) is 0 Å². The molecule has 0 aromatic carbocycles. The Morgan fingerprint density at radius 1 is 0.800 bits per heavy atom. The van der Waals surface area contributed by atoms with E-state index in [1.807, 2.05) is 20.8 Å². The van der Waals surface area contributed by atoms with Gasteiger partial charge >= 0.3 is 69.2 Å². The Morgan fingerprint density at radius 2 is 1.10 bits per heavy atom. The van der Waals surface area contributed by atoms with Crippen LogP contribution in [-0.4, -0.2) is 19.8 Å². The molecule has 0 spiro atoms. The fraction of sp³-hybridized carbons (Fsp3) is 1.00. The topological polar surface area (TPSA) is 27.7 Å². The standard InChI is InChI=1S/3C2H5O.W/c3*1-2-3;/h3*2H2,1H3;/q3*-1;+3. The first-order valence-corrected chi connectivity index (χ1v) is 7.08. The van der Waals surface area contributed by atoms with Crippen molar-refractivity contribution in [3.8, 4) is 0 Å². The van der Waals surface area contributed by atoms with Gasteiger partial charge in [-0.3, -0.25) is 0 Å². The van der Waals surface area contributed by atoms with E-state index < -0.39 is 18.5 Å². The van der Waals surface area contributed by atoms with E-state index in [1.165, 1.54) is 0 Å². The molecule has 0 saturated heterocycles. The molecule has 0 bridgehead atoms. The molecule has 0 fully saturated rings. The van der Waals surface area contributed by atoms with Crippen molar-refractivity contribution in [2.75, 3.05) is 19.8 Å². The monoisotopic (exact) mass is 319 g/mol. The quantitative estimate of drug-likeness (QED) is 0.742. The molecule has 0 N–H and O–H groups in total. The molecule has 0 aliphatic heterocycles. The van der Waals surface area contributed by atoms with Gasteiger partial charge in [0.1, 0.15) is 0 Å². The van der Waals surface area contributed by atoms with Crippen LogP contribution < -0.4 is 0 Å². The van der Waals surface area contributed by atoms with Gasteiger partial charge in [0, 0.05) is 0 Å². The van der Waals surface area contributed by atoms with Crippen molar-refractivity contribution in [3.05, 3.63) is 0 Å². The van der Waals surface area contributed by atoms with Crippen LogP contribution >= 0.6 is 0 Å². The normalized spacial score (nSPS) is 10.8. The summed E-state index contributed by atoms with van der Waals surface area (Å²) in [5.74, 6) is 0. The van der Waals surface area contributed by atoms with Crippen LogP contribution in [0.3, 0.4) is 0 Å². The van der Waals surface area contributed by atoms with Gasteiger partial charge in [-0.1, -0.05) is 0 Å². The molecule has 0 atom stereocenters. The summed E-state index contributed by atoms with van der Waals surface area (Å²) in [6.45, 7) is 7.98. The second-order valence-corrected chi connectivity index (χ2v) is 5.43. The Bertz CT molecular complexity index is 55.7. The average molecular weight is 319 g/mol. The summed E-state index contributed by atoms with van der Waals surface area (Å²) in [5.41, 5.74) is 0. The van der Waals surface area contributed by atoms with Crippen molar-refractivity contribution in [1.82, 2.24) is 0 Å². The van der Waals surface area contributed by atoms with Crippen molar-refractivity contribution < 1.29 is 28.6 Å². The third-order valence-corrected chi connectivity index (χ3v) is 5.26. The molecule has 4 heteroatoms. The predicted molar refractivity (Wildman–Crippen MR) is 34.9 cm³/mol. The summed E-state index contributed by atoms with van der Waals surface area (Å²) in [6, 6.07) is 0. The zero-order chi connectivity index (χ0) is 7.82. The molecule has 0 aliphatic carbocycles. The van der Waals surface area contributed by atoms with Crippen LogP contribution in [0.2, 0.25) is 0 Å². The summed E-state index contributed by atoms with van der Waals surface area (Å²) >= 11 is -2.24. The summed E-state index contributed by atoms with van der Waals surface area (Å²) in [7, 11) is 0. The van der Waals surface area contributed by atoms with Crippen LogP contribution in [0, 0.1) is 0 Å². The summed E-state index contributed by atoms with van der Waals surface area (Å²) in [5, 5.41) is 0. The van der Waals surface area contributed by atoms with Crippen LogP contribution in [0.5, 0.6) is 0 Å². The first-order chi connectivity index (χ1) is 4.85.